The zero-order valence-corrected chi connectivity index (χ0v) is 14.3. The Balaban J connectivity index is 1.60. The highest BCUT2D eigenvalue weighted by Gasteiger charge is 2.28. The molecule has 2 aliphatic carbocycles. The molecule has 2 aromatic rings. The smallest absolute Gasteiger partial charge is 0.192 e. The Bertz CT molecular complexity index is 706. The molecule has 1 heterocycles. The molecule has 1 fully saturated rings. The van der Waals surface area contributed by atoms with Gasteiger partial charge in [0, 0.05) is 11.3 Å². The maximum atomic E-state index is 13.6. The van der Waals surface area contributed by atoms with Crippen LogP contribution >= 0.6 is 11.8 Å². The predicted octanol–water partition coefficient (Wildman–Crippen LogP) is 5.01. The van der Waals surface area contributed by atoms with Crippen LogP contribution in [0.15, 0.2) is 23.4 Å². The SMILES string of the molecule is Cc1nnc(S[C@H]2CCc3ccc(F)cc32)n1C1CCCCC1. The third-order valence-electron chi connectivity index (χ3n) is 5.15. The van der Waals surface area contributed by atoms with Gasteiger partial charge in [-0.15, -0.1) is 10.2 Å². The van der Waals surface area contributed by atoms with E-state index in [2.05, 4.69) is 14.8 Å². The molecular formula is C18H22FN3S. The molecule has 1 aromatic heterocycles. The fourth-order valence-electron chi connectivity index (χ4n) is 3.97. The lowest BCUT2D eigenvalue weighted by atomic mass is 9.95. The molecule has 1 saturated carbocycles. The Labute approximate surface area is 140 Å². The van der Waals surface area contributed by atoms with Crippen LogP contribution in [0.4, 0.5) is 4.39 Å². The molecule has 2 aliphatic rings. The Morgan fingerprint density at radius 3 is 2.78 bits per heavy atom. The highest BCUT2D eigenvalue weighted by Crippen LogP contribution is 2.45. The molecule has 0 bridgehead atoms. The van der Waals surface area contributed by atoms with E-state index in [-0.39, 0.29) is 5.82 Å². The first-order valence-electron chi connectivity index (χ1n) is 8.59. The summed E-state index contributed by atoms with van der Waals surface area (Å²) in [6.45, 7) is 2.05. The van der Waals surface area contributed by atoms with Crippen LogP contribution in [0.25, 0.3) is 0 Å². The third-order valence-corrected chi connectivity index (χ3v) is 6.42. The minimum atomic E-state index is -0.138. The summed E-state index contributed by atoms with van der Waals surface area (Å²) in [7, 11) is 0. The van der Waals surface area contributed by atoms with Gasteiger partial charge in [0.1, 0.15) is 11.6 Å². The number of hydrogen-bond donors (Lipinski definition) is 0. The average molecular weight is 331 g/mol. The molecule has 0 N–H and O–H groups in total. The van der Waals surface area contributed by atoms with E-state index in [4.69, 9.17) is 0 Å². The minimum Gasteiger partial charge on any atom is -0.303 e. The van der Waals surface area contributed by atoms with Crippen molar-refractivity contribution >= 4 is 11.8 Å². The summed E-state index contributed by atoms with van der Waals surface area (Å²) in [5.74, 6) is 0.873. The molecule has 5 heteroatoms. The summed E-state index contributed by atoms with van der Waals surface area (Å²) >= 11 is 1.77. The molecule has 0 radical (unpaired) electrons. The van der Waals surface area contributed by atoms with E-state index < -0.39 is 0 Å². The highest BCUT2D eigenvalue weighted by molar-refractivity contribution is 7.99. The average Bonchev–Trinajstić information content (AvgIpc) is 3.12. The number of halogens is 1. The zero-order chi connectivity index (χ0) is 15.8. The van der Waals surface area contributed by atoms with Crippen molar-refractivity contribution < 1.29 is 4.39 Å². The Kier molecular flexibility index (Phi) is 4.14. The molecule has 0 aliphatic heterocycles. The van der Waals surface area contributed by atoms with Crippen molar-refractivity contribution in [1.82, 2.24) is 14.8 Å². The largest absolute Gasteiger partial charge is 0.303 e. The molecule has 0 amide bonds. The summed E-state index contributed by atoms with van der Waals surface area (Å²) < 4.78 is 15.9. The van der Waals surface area contributed by atoms with Crippen LogP contribution in [0, 0.1) is 12.7 Å². The van der Waals surface area contributed by atoms with E-state index in [1.165, 1.54) is 37.7 Å². The number of hydrogen-bond acceptors (Lipinski definition) is 3. The molecular weight excluding hydrogens is 309 g/mol. The number of rotatable bonds is 3. The second kappa shape index (κ2) is 6.27. The van der Waals surface area contributed by atoms with E-state index >= 15 is 0 Å². The summed E-state index contributed by atoms with van der Waals surface area (Å²) in [6, 6.07) is 5.74. The normalized spacial score (nSPS) is 21.6. The summed E-state index contributed by atoms with van der Waals surface area (Å²) in [5, 5.41) is 10.1. The van der Waals surface area contributed by atoms with E-state index in [0.29, 0.717) is 11.3 Å². The van der Waals surface area contributed by atoms with Gasteiger partial charge >= 0.3 is 0 Å². The van der Waals surface area contributed by atoms with Crippen molar-refractivity contribution in [2.45, 2.75) is 68.3 Å². The molecule has 3 nitrogen and oxygen atoms in total. The van der Waals surface area contributed by atoms with Gasteiger partial charge in [-0.05, 0) is 55.9 Å². The molecule has 1 aromatic carbocycles. The van der Waals surface area contributed by atoms with Crippen LogP contribution in [0.3, 0.4) is 0 Å². The van der Waals surface area contributed by atoms with Gasteiger partial charge in [-0.1, -0.05) is 37.1 Å². The number of benzene rings is 1. The van der Waals surface area contributed by atoms with Gasteiger partial charge in [0.25, 0.3) is 0 Å². The minimum absolute atomic E-state index is 0.138. The van der Waals surface area contributed by atoms with Gasteiger partial charge in [0.05, 0.1) is 0 Å². The summed E-state index contributed by atoms with van der Waals surface area (Å²) in [6.07, 6.45) is 8.47. The van der Waals surface area contributed by atoms with Crippen molar-refractivity contribution in [2.24, 2.45) is 0 Å². The lowest BCUT2D eigenvalue weighted by molar-refractivity contribution is 0.331. The first-order valence-corrected chi connectivity index (χ1v) is 9.47. The fraction of sp³-hybridized carbons (Fsp3) is 0.556. The van der Waals surface area contributed by atoms with E-state index in [1.54, 1.807) is 23.9 Å². The maximum Gasteiger partial charge on any atom is 0.192 e. The van der Waals surface area contributed by atoms with Crippen LogP contribution in [-0.4, -0.2) is 14.8 Å². The lowest BCUT2D eigenvalue weighted by Gasteiger charge is -2.25. The molecule has 122 valence electrons. The van der Waals surface area contributed by atoms with Gasteiger partial charge in [0.15, 0.2) is 5.16 Å². The van der Waals surface area contributed by atoms with Gasteiger partial charge in [-0.25, -0.2) is 4.39 Å². The second-order valence-corrected chi connectivity index (χ2v) is 7.85. The van der Waals surface area contributed by atoms with E-state index in [0.717, 1.165) is 29.4 Å². The fourth-order valence-corrected chi connectivity index (χ4v) is 5.29. The molecule has 0 unspecified atom stereocenters. The summed E-state index contributed by atoms with van der Waals surface area (Å²) in [4.78, 5) is 0. The lowest BCUT2D eigenvalue weighted by Crippen LogP contribution is -2.15. The second-order valence-electron chi connectivity index (χ2n) is 6.68. The zero-order valence-electron chi connectivity index (χ0n) is 13.5. The van der Waals surface area contributed by atoms with Crippen molar-refractivity contribution in [2.75, 3.05) is 0 Å². The predicted molar refractivity (Wildman–Crippen MR) is 90.2 cm³/mol. The topological polar surface area (TPSA) is 30.7 Å². The monoisotopic (exact) mass is 331 g/mol. The number of fused-ring (bicyclic) bond motifs is 1. The van der Waals surface area contributed by atoms with Crippen LogP contribution in [0.5, 0.6) is 0 Å². The third kappa shape index (κ3) is 2.91. The molecule has 4 rings (SSSR count). The first-order chi connectivity index (χ1) is 11.2. The Morgan fingerprint density at radius 1 is 1.13 bits per heavy atom. The number of thioether (sulfide) groups is 1. The van der Waals surface area contributed by atoms with Crippen molar-refractivity contribution in [1.29, 1.82) is 0 Å². The van der Waals surface area contributed by atoms with Gasteiger partial charge in [0.2, 0.25) is 0 Å². The van der Waals surface area contributed by atoms with Crippen LogP contribution in [-0.2, 0) is 6.42 Å². The summed E-state index contributed by atoms with van der Waals surface area (Å²) in [5.41, 5.74) is 2.43. The van der Waals surface area contributed by atoms with Crippen molar-refractivity contribution in [3.63, 3.8) is 0 Å². The molecule has 23 heavy (non-hydrogen) atoms. The van der Waals surface area contributed by atoms with Gasteiger partial charge in [-0.3, -0.25) is 0 Å². The molecule has 0 spiro atoms. The standard InChI is InChI=1S/C18H22FN3S/c1-12-20-21-18(22(12)15-5-3-2-4-6-15)23-17-10-8-13-7-9-14(19)11-16(13)17/h7,9,11,15,17H,2-6,8,10H2,1H3/t17-/m0/s1. The van der Waals surface area contributed by atoms with E-state index in [9.17, 15) is 4.39 Å². The van der Waals surface area contributed by atoms with Crippen LogP contribution in [0.1, 0.15) is 66.8 Å². The Morgan fingerprint density at radius 2 is 1.96 bits per heavy atom. The maximum absolute atomic E-state index is 13.6. The van der Waals surface area contributed by atoms with Crippen LogP contribution < -0.4 is 0 Å². The quantitative estimate of drug-likeness (QED) is 0.792. The number of nitrogens with zero attached hydrogens (tertiary/aromatic N) is 3. The Hall–Kier alpha value is -1.36. The molecule has 0 saturated heterocycles. The number of aryl methyl sites for hydroxylation is 2. The van der Waals surface area contributed by atoms with Crippen molar-refractivity contribution in [3.8, 4) is 0 Å². The molecule has 1 atom stereocenters. The van der Waals surface area contributed by atoms with Crippen molar-refractivity contribution in [3.05, 3.63) is 41.0 Å². The number of aromatic nitrogens is 3. The van der Waals surface area contributed by atoms with Gasteiger partial charge in [-0.2, -0.15) is 0 Å². The van der Waals surface area contributed by atoms with Gasteiger partial charge < -0.3 is 4.57 Å². The van der Waals surface area contributed by atoms with Crippen LogP contribution in [0.2, 0.25) is 0 Å². The highest BCUT2D eigenvalue weighted by atomic mass is 32.2. The van der Waals surface area contributed by atoms with E-state index in [1.807, 2.05) is 13.0 Å². The first kappa shape index (κ1) is 15.2.